The third kappa shape index (κ3) is 4.77. The smallest absolute Gasteiger partial charge is 0.338 e. The first kappa shape index (κ1) is 23.7. The minimum absolute atomic E-state index is 0.121. The van der Waals surface area contributed by atoms with Crippen LogP contribution in [0.15, 0.2) is 48.0 Å². The van der Waals surface area contributed by atoms with E-state index in [0.717, 1.165) is 22.9 Å². The highest BCUT2D eigenvalue weighted by Gasteiger charge is 2.25. The summed E-state index contributed by atoms with van der Waals surface area (Å²) in [5.41, 5.74) is 0.390. The maximum atomic E-state index is 13.0. The molecule has 1 amide bonds. The summed E-state index contributed by atoms with van der Waals surface area (Å²) in [5, 5.41) is 11.6. The lowest BCUT2D eigenvalue weighted by molar-refractivity contribution is -0.385. The quantitative estimate of drug-likeness (QED) is 0.212. The van der Waals surface area contributed by atoms with E-state index in [0.29, 0.717) is 21.6 Å². The van der Waals surface area contributed by atoms with Gasteiger partial charge in [-0.15, -0.1) is 6.58 Å². The van der Waals surface area contributed by atoms with Crippen LogP contribution >= 0.6 is 11.3 Å². The Balaban J connectivity index is 2.18. The van der Waals surface area contributed by atoms with Gasteiger partial charge in [-0.05, 0) is 25.1 Å². The van der Waals surface area contributed by atoms with Crippen LogP contribution in [0.25, 0.3) is 10.2 Å². The van der Waals surface area contributed by atoms with Crippen LogP contribution in [0.3, 0.4) is 0 Å². The second-order valence-electron chi connectivity index (χ2n) is 6.59. The van der Waals surface area contributed by atoms with Gasteiger partial charge in [-0.1, -0.05) is 17.4 Å². The Morgan fingerprint density at radius 3 is 2.52 bits per heavy atom. The molecule has 3 aromatic rings. The number of benzene rings is 2. The average molecular weight is 471 g/mol. The van der Waals surface area contributed by atoms with E-state index < -0.39 is 22.5 Å². The number of carbonyl (C=O) groups excluding carboxylic acids is 2. The highest BCUT2D eigenvalue weighted by atomic mass is 32.1. The number of carbonyl (C=O) groups is 2. The molecule has 172 valence electrons. The number of thiazole rings is 1. The topological polar surface area (TPSA) is 122 Å². The molecule has 0 N–H and O–H groups in total. The first-order valence-electron chi connectivity index (χ1n) is 9.75. The van der Waals surface area contributed by atoms with Gasteiger partial charge < -0.3 is 18.8 Å². The number of ether oxygens (including phenoxy) is 3. The molecule has 0 atom stereocenters. The van der Waals surface area contributed by atoms with E-state index in [4.69, 9.17) is 14.2 Å². The van der Waals surface area contributed by atoms with E-state index in [1.807, 2.05) is 0 Å². The molecule has 1 heterocycles. The van der Waals surface area contributed by atoms with Crippen LogP contribution in [0.4, 0.5) is 5.69 Å². The molecule has 1 aromatic heterocycles. The Hall–Kier alpha value is -3.99. The van der Waals surface area contributed by atoms with Crippen LogP contribution in [0.5, 0.6) is 11.5 Å². The van der Waals surface area contributed by atoms with Gasteiger partial charge in [-0.3, -0.25) is 14.9 Å². The fourth-order valence-corrected chi connectivity index (χ4v) is 4.22. The van der Waals surface area contributed by atoms with E-state index in [2.05, 4.69) is 11.6 Å². The lowest BCUT2D eigenvalue weighted by Gasteiger charge is -2.08. The summed E-state index contributed by atoms with van der Waals surface area (Å²) in [4.78, 5) is 40.4. The predicted octanol–water partition coefficient (Wildman–Crippen LogP) is 3.73. The molecule has 0 saturated heterocycles. The molecule has 11 heteroatoms. The lowest BCUT2D eigenvalue weighted by atomic mass is 10.1. The maximum Gasteiger partial charge on any atom is 0.338 e. The van der Waals surface area contributed by atoms with Crippen LogP contribution in [0, 0.1) is 10.1 Å². The van der Waals surface area contributed by atoms with Gasteiger partial charge in [0.15, 0.2) is 16.3 Å². The molecule has 0 saturated carbocycles. The second-order valence-corrected chi connectivity index (χ2v) is 7.59. The lowest BCUT2D eigenvalue weighted by Crippen LogP contribution is -2.17. The molecule has 10 nitrogen and oxygen atoms in total. The fraction of sp³-hybridized carbons (Fsp3) is 0.227. The molecule has 33 heavy (non-hydrogen) atoms. The molecular weight excluding hydrogens is 450 g/mol. The van der Waals surface area contributed by atoms with Gasteiger partial charge in [-0.2, -0.15) is 4.99 Å². The molecule has 3 rings (SSSR count). The highest BCUT2D eigenvalue weighted by molar-refractivity contribution is 7.16. The number of fused-ring (bicyclic) bond motifs is 1. The molecule has 0 bridgehead atoms. The Morgan fingerprint density at radius 2 is 1.91 bits per heavy atom. The zero-order valence-electron chi connectivity index (χ0n) is 18.2. The van der Waals surface area contributed by atoms with E-state index in [1.54, 1.807) is 35.8 Å². The molecule has 0 radical (unpaired) electrons. The van der Waals surface area contributed by atoms with Crippen molar-refractivity contribution in [3.63, 3.8) is 0 Å². The number of nitrogens with zero attached hydrogens (tertiary/aromatic N) is 3. The number of esters is 1. The fourth-order valence-electron chi connectivity index (χ4n) is 3.14. The van der Waals surface area contributed by atoms with E-state index in [-0.39, 0.29) is 23.7 Å². The number of rotatable bonds is 8. The molecule has 0 aliphatic rings. The van der Waals surface area contributed by atoms with Crippen molar-refractivity contribution >= 4 is 39.1 Å². The number of nitro benzene ring substituents is 1. The summed E-state index contributed by atoms with van der Waals surface area (Å²) < 4.78 is 17.7. The number of nitro groups is 1. The van der Waals surface area contributed by atoms with E-state index in [1.165, 1.54) is 20.3 Å². The third-order valence-electron chi connectivity index (χ3n) is 4.63. The number of methoxy groups -OCH3 is 2. The zero-order chi connectivity index (χ0) is 24.1. The van der Waals surface area contributed by atoms with E-state index in [9.17, 15) is 19.7 Å². The normalized spacial score (nSPS) is 11.3. The number of allylic oxidation sites excluding steroid dienone is 1. The van der Waals surface area contributed by atoms with Crippen molar-refractivity contribution in [2.45, 2.75) is 13.5 Å². The summed E-state index contributed by atoms with van der Waals surface area (Å²) in [5.74, 6) is -0.997. The van der Waals surface area contributed by atoms with Crippen molar-refractivity contribution in [1.29, 1.82) is 0 Å². The van der Waals surface area contributed by atoms with Gasteiger partial charge >= 0.3 is 5.97 Å². The Bertz CT molecular complexity index is 1320. The van der Waals surface area contributed by atoms with Gasteiger partial charge in [0.1, 0.15) is 5.56 Å². The minimum atomic E-state index is -0.822. The van der Waals surface area contributed by atoms with Crippen molar-refractivity contribution in [2.75, 3.05) is 20.8 Å². The van der Waals surface area contributed by atoms with Gasteiger partial charge in [0, 0.05) is 12.6 Å². The second kappa shape index (κ2) is 10.1. The SMILES string of the molecule is C=CCn1c(=NC(=O)c2cc(OC)c(OC)cc2[N+](=O)[O-])sc2cc(C(=O)OCC)ccc21. The number of amides is 1. The molecule has 0 spiro atoms. The van der Waals surface area contributed by atoms with Crippen LogP contribution in [0.2, 0.25) is 0 Å². The number of hydrogen-bond donors (Lipinski definition) is 0. The van der Waals surface area contributed by atoms with Crippen molar-refractivity contribution in [3.05, 3.63) is 69.0 Å². The minimum Gasteiger partial charge on any atom is -0.493 e. The third-order valence-corrected chi connectivity index (χ3v) is 5.67. The van der Waals surface area contributed by atoms with Gasteiger partial charge in [0.05, 0.1) is 47.6 Å². The van der Waals surface area contributed by atoms with Gasteiger partial charge in [-0.25, -0.2) is 4.79 Å². The number of hydrogen-bond acceptors (Lipinski definition) is 8. The van der Waals surface area contributed by atoms with Crippen LogP contribution < -0.4 is 14.3 Å². The summed E-state index contributed by atoms with van der Waals surface area (Å²) in [7, 11) is 2.70. The first-order chi connectivity index (χ1) is 15.8. The highest BCUT2D eigenvalue weighted by Crippen LogP contribution is 2.34. The van der Waals surface area contributed by atoms with Crippen LogP contribution in [-0.2, 0) is 11.3 Å². The van der Waals surface area contributed by atoms with E-state index >= 15 is 0 Å². The molecule has 2 aromatic carbocycles. The molecule has 0 aliphatic carbocycles. The Labute approximate surface area is 192 Å². The van der Waals surface area contributed by atoms with Crippen molar-refractivity contribution < 1.29 is 28.7 Å². The number of aromatic nitrogens is 1. The van der Waals surface area contributed by atoms with Crippen LogP contribution in [0.1, 0.15) is 27.6 Å². The molecular formula is C22H21N3O7S. The summed E-state index contributed by atoms with van der Waals surface area (Å²) in [6.07, 6.45) is 1.63. The van der Waals surface area contributed by atoms with Gasteiger partial charge in [0.25, 0.3) is 11.6 Å². The van der Waals surface area contributed by atoms with Gasteiger partial charge in [0.2, 0.25) is 0 Å². The molecule has 0 aliphatic heterocycles. The monoisotopic (exact) mass is 471 g/mol. The summed E-state index contributed by atoms with van der Waals surface area (Å²) in [6, 6.07) is 7.35. The zero-order valence-corrected chi connectivity index (χ0v) is 19.0. The summed E-state index contributed by atoms with van der Waals surface area (Å²) >= 11 is 1.16. The Morgan fingerprint density at radius 1 is 1.21 bits per heavy atom. The standard InChI is InChI=1S/C22H21N3O7S/c1-5-9-24-15-8-7-13(21(27)32-6-2)10-19(15)33-22(24)23-20(26)14-11-17(30-3)18(31-4)12-16(14)25(28)29/h5,7-8,10-12H,1,6,9H2,2-4H3. The predicted molar refractivity (Wildman–Crippen MR) is 122 cm³/mol. The van der Waals surface area contributed by atoms with Crippen molar-refractivity contribution in [1.82, 2.24) is 4.57 Å². The molecule has 0 unspecified atom stereocenters. The summed E-state index contributed by atoms with van der Waals surface area (Å²) in [6.45, 7) is 6.03. The average Bonchev–Trinajstić information content (AvgIpc) is 3.14. The van der Waals surface area contributed by atoms with Crippen molar-refractivity contribution in [2.24, 2.45) is 4.99 Å². The Kier molecular flexibility index (Phi) is 7.23. The van der Waals surface area contributed by atoms with Crippen molar-refractivity contribution in [3.8, 4) is 11.5 Å². The largest absolute Gasteiger partial charge is 0.493 e. The first-order valence-corrected chi connectivity index (χ1v) is 10.6. The molecule has 0 fully saturated rings. The van der Waals surface area contributed by atoms with Crippen LogP contribution in [-0.4, -0.2) is 42.2 Å². The maximum absolute atomic E-state index is 13.0.